The summed E-state index contributed by atoms with van der Waals surface area (Å²) in [6.07, 6.45) is 6.10. The van der Waals surface area contributed by atoms with Crippen molar-refractivity contribution >= 4 is 15.9 Å². The van der Waals surface area contributed by atoms with Gasteiger partial charge in [0.15, 0.2) is 0 Å². The van der Waals surface area contributed by atoms with E-state index in [9.17, 15) is 13.2 Å². The number of sulfonamides is 1. The summed E-state index contributed by atoms with van der Waals surface area (Å²) in [5.74, 6) is 0.00457. The normalized spacial score (nSPS) is 16.5. The van der Waals surface area contributed by atoms with Gasteiger partial charge in [0.05, 0.1) is 17.6 Å². The lowest BCUT2D eigenvalue weighted by atomic mass is 10.1. The van der Waals surface area contributed by atoms with Gasteiger partial charge in [-0.3, -0.25) is 4.79 Å². The second-order valence-corrected chi connectivity index (χ2v) is 8.51. The first-order valence-corrected chi connectivity index (χ1v) is 10.3. The number of carbonyl (C=O) groups is 1. The summed E-state index contributed by atoms with van der Waals surface area (Å²) in [6.45, 7) is 3.69. The Morgan fingerprint density at radius 3 is 2.36 bits per heavy atom. The van der Waals surface area contributed by atoms with Gasteiger partial charge in [0, 0.05) is 12.1 Å². The van der Waals surface area contributed by atoms with Gasteiger partial charge in [0.1, 0.15) is 5.75 Å². The maximum atomic E-state index is 12.7. The Morgan fingerprint density at radius 2 is 1.80 bits per heavy atom. The zero-order valence-corrected chi connectivity index (χ0v) is 16.0. The summed E-state index contributed by atoms with van der Waals surface area (Å²) >= 11 is 0. The topological polar surface area (TPSA) is 84.5 Å². The van der Waals surface area contributed by atoms with Gasteiger partial charge in [-0.2, -0.15) is 0 Å². The molecule has 2 rings (SSSR count). The van der Waals surface area contributed by atoms with Crippen LogP contribution >= 0.6 is 0 Å². The average Bonchev–Trinajstić information content (AvgIpc) is 2.81. The Morgan fingerprint density at radius 1 is 1.16 bits per heavy atom. The highest BCUT2D eigenvalue weighted by Crippen LogP contribution is 2.24. The molecule has 0 aromatic heterocycles. The van der Waals surface area contributed by atoms with Crippen molar-refractivity contribution in [3.05, 3.63) is 23.8 Å². The second kappa shape index (κ2) is 8.67. The van der Waals surface area contributed by atoms with E-state index in [4.69, 9.17) is 4.74 Å². The molecule has 6 nitrogen and oxygen atoms in total. The minimum atomic E-state index is -3.67. The summed E-state index contributed by atoms with van der Waals surface area (Å²) in [6, 6.07) is 4.29. The van der Waals surface area contributed by atoms with Crippen molar-refractivity contribution in [1.82, 2.24) is 10.0 Å². The van der Waals surface area contributed by atoms with Gasteiger partial charge in [-0.05, 0) is 44.9 Å². The fraction of sp³-hybridized carbons (Fsp3) is 0.611. The molecule has 0 aliphatic heterocycles. The molecule has 1 aromatic carbocycles. The molecule has 1 amide bonds. The van der Waals surface area contributed by atoms with E-state index >= 15 is 0 Å². The van der Waals surface area contributed by atoms with Crippen LogP contribution in [0.1, 0.15) is 62.7 Å². The fourth-order valence-electron chi connectivity index (χ4n) is 3.06. The molecule has 1 aliphatic carbocycles. The van der Waals surface area contributed by atoms with Gasteiger partial charge >= 0.3 is 0 Å². The largest absolute Gasteiger partial charge is 0.496 e. The van der Waals surface area contributed by atoms with Crippen molar-refractivity contribution in [3.63, 3.8) is 0 Å². The van der Waals surface area contributed by atoms with Crippen LogP contribution < -0.4 is 14.8 Å². The summed E-state index contributed by atoms with van der Waals surface area (Å²) in [4.78, 5) is 12.4. The molecular formula is C18H28N2O4S. The number of carbonyl (C=O) groups excluding carboxylic acids is 1. The van der Waals surface area contributed by atoms with Gasteiger partial charge in [0.2, 0.25) is 10.0 Å². The lowest BCUT2D eigenvalue weighted by Crippen LogP contribution is -2.35. The number of ether oxygens (including phenoxy) is 1. The molecule has 25 heavy (non-hydrogen) atoms. The predicted molar refractivity (Wildman–Crippen MR) is 97.4 cm³/mol. The third-order valence-corrected chi connectivity index (χ3v) is 5.84. The Balaban J connectivity index is 2.26. The van der Waals surface area contributed by atoms with Crippen LogP contribution in [0.15, 0.2) is 23.1 Å². The van der Waals surface area contributed by atoms with Crippen molar-refractivity contribution in [1.29, 1.82) is 0 Å². The Bertz CT molecular complexity index is 693. The smallest absolute Gasteiger partial charge is 0.255 e. The highest BCUT2D eigenvalue weighted by Gasteiger charge is 2.23. The standard InChI is InChI=1S/C18H28N2O4S/c1-13(2)19-18(21)16-12-15(10-11-17(16)24-3)25(22,23)20-14-8-6-4-5-7-9-14/h10-14,20H,4-9H2,1-3H3,(H,19,21). The molecule has 1 aromatic rings. The van der Waals surface area contributed by atoms with Crippen LogP contribution in [0.4, 0.5) is 0 Å². The van der Waals surface area contributed by atoms with Crippen LogP contribution in [0.5, 0.6) is 5.75 Å². The molecule has 0 saturated heterocycles. The third-order valence-electron chi connectivity index (χ3n) is 4.32. The SMILES string of the molecule is COc1ccc(S(=O)(=O)NC2CCCCCC2)cc1C(=O)NC(C)C. The minimum absolute atomic E-state index is 0.0393. The quantitative estimate of drug-likeness (QED) is 0.756. The van der Waals surface area contributed by atoms with E-state index in [0.717, 1.165) is 38.5 Å². The highest BCUT2D eigenvalue weighted by molar-refractivity contribution is 7.89. The van der Waals surface area contributed by atoms with Crippen LogP contribution in [0, 0.1) is 0 Å². The molecule has 0 spiro atoms. The lowest BCUT2D eigenvalue weighted by molar-refractivity contribution is 0.0940. The molecule has 0 unspecified atom stereocenters. The van der Waals surface area contributed by atoms with Gasteiger partial charge in [-0.15, -0.1) is 0 Å². The van der Waals surface area contributed by atoms with Crippen LogP contribution in [-0.2, 0) is 10.0 Å². The van der Waals surface area contributed by atoms with Crippen molar-refractivity contribution in [2.75, 3.05) is 7.11 Å². The van der Waals surface area contributed by atoms with Gasteiger partial charge in [0.25, 0.3) is 5.91 Å². The van der Waals surface area contributed by atoms with Gasteiger partial charge in [-0.1, -0.05) is 25.7 Å². The average molecular weight is 368 g/mol. The first kappa shape index (κ1) is 19.7. The molecule has 1 fully saturated rings. The Kier molecular flexibility index (Phi) is 6.84. The maximum absolute atomic E-state index is 12.7. The second-order valence-electron chi connectivity index (χ2n) is 6.80. The van der Waals surface area contributed by atoms with E-state index in [1.165, 1.54) is 25.3 Å². The number of rotatable bonds is 6. The predicted octanol–water partition coefficient (Wildman–Crippen LogP) is 2.83. The molecular weight excluding hydrogens is 340 g/mol. The van der Waals surface area contributed by atoms with Crippen molar-refractivity contribution in [2.24, 2.45) is 0 Å². The number of benzene rings is 1. The first-order valence-electron chi connectivity index (χ1n) is 8.84. The first-order chi connectivity index (χ1) is 11.8. The third kappa shape index (κ3) is 5.44. The van der Waals surface area contributed by atoms with E-state index in [1.807, 2.05) is 13.8 Å². The minimum Gasteiger partial charge on any atom is -0.496 e. The number of hydrogen-bond donors (Lipinski definition) is 2. The molecule has 0 heterocycles. The summed E-state index contributed by atoms with van der Waals surface area (Å²) in [5, 5.41) is 2.77. The van der Waals surface area contributed by atoms with E-state index in [2.05, 4.69) is 10.0 Å². The number of hydrogen-bond acceptors (Lipinski definition) is 4. The molecule has 1 saturated carbocycles. The van der Waals surface area contributed by atoms with Crippen LogP contribution in [0.2, 0.25) is 0 Å². The molecule has 0 bridgehead atoms. The maximum Gasteiger partial charge on any atom is 0.255 e. The Labute approximate surface area is 150 Å². The molecule has 7 heteroatoms. The van der Waals surface area contributed by atoms with Gasteiger partial charge in [-0.25, -0.2) is 13.1 Å². The van der Waals surface area contributed by atoms with Gasteiger partial charge < -0.3 is 10.1 Å². The van der Waals surface area contributed by atoms with Crippen LogP contribution in [0.25, 0.3) is 0 Å². The molecule has 0 radical (unpaired) electrons. The summed E-state index contributed by atoms with van der Waals surface area (Å²) in [5.41, 5.74) is 0.222. The highest BCUT2D eigenvalue weighted by atomic mass is 32.2. The summed E-state index contributed by atoms with van der Waals surface area (Å²) < 4.78 is 33.5. The molecule has 1 aliphatic rings. The molecule has 140 valence electrons. The van der Waals surface area contributed by atoms with E-state index in [0.29, 0.717) is 5.75 Å². The van der Waals surface area contributed by atoms with Crippen molar-refractivity contribution in [3.8, 4) is 5.75 Å². The van der Waals surface area contributed by atoms with E-state index in [-0.39, 0.29) is 28.4 Å². The Hall–Kier alpha value is -1.60. The number of amides is 1. The van der Waals surface area contributed by atoms with Crippen molar-refractivity contribution in [2.45, 2.75) is 69.4 Å². The lowest BCUT2D eigenvalue weighted by Gasteiger charge is -2.17. The fourth-order valence-corrected chi connectivity index (χ4v) is 4.39. The molecule has 0 atom stereocenters. The molecule has 2 N–H and O–H groups in total. The zero-order chi connectivity index (χ0) is 18.4. The summed E-state index contributed by atoms with van der Waals surface area (Å²) in [7, 11) is -2.21. The number of nitrogens with one attached hydrogen (secondary N) is 2. The van der Waals surface area contributed by atoms with E-state index in [1.54, 1.807) is 0 Å². The zero-order valence-electron chi connectivity index (χ0n) is 15.2. The van der Waals surface area contributed by atoms with Crippen LogP contribution in [0.3, 0.4) is 0 Å². The monoisotopic (exact) mass is 368 g/mol. The van der Waals surface area contributed by atoms with E-state index < -0.39 is 10.0 Å². The number of methoxy groups -OCH3 is 1. The van der Waals surface area contributed by atoms with Crippen LogP contribution in [-0.4, -0.2) is 33.5 Å². The van der Waals surface area contributed by atoms with Crippen molar-refractivity contribution < 1.29 is 17.9 Å².